The number of halogens is 3. The van der Waals surface area contributed by atoms with Gasteiger partial charge in [0.2, 0.25) is 5.91 Å². The largest absolute Gasteiger partial charge is 0.505 e. The Morgan fingerprint density at radius 2 is 1.90 bits per heavy atom. The Hall–Kier alpha value is -2.93. The summed E-state index contributed by atoms with van der Waals surface area (Å²) in [5, 5.41) is 12.4. The van der Waals surface area contributed by atoms with E-state index in [9.17, 15) is 23.5 Å². The standard InChI is InChI=1S/C21H19ClF2N2O3/c1-10(2)25-18(28)9-13-11(3)26(16-6-7-17(27)20(24)19(13)16)21(29)12-4-5-14(22)15(23)8-12/h4-8,10,27H,9H2,1-3H3,(H,25,28). The zero-order chi connectivity index (χ0) is 21.5. The third kappa shape index (κ3) is 3.82. The number of carbonyl (C=O) groups excluding carboxylic acids is 2. The number of aromatic nitrogens is 1. The first-order valence-corrected chi connectivity index (χ1v) is 9.30. The second-order valence-electron chi connectivity index (χ2n) is 7.03. The lowest BCUT2D eigenvalue weighted by atomic mass is 10.1. The molecule has 152 valence electrons. The van der Waals surface area contributed by atoms with Crippen LogP contribution >= 0.6 is 11.6 Å². The van der Waals surface area contributed by atoms with E-state index in [1.165, 1.54) is 22.8 Å². The highest BCUT2D eigenvalue weighted by Crippen LogP contribution is 2.33. The average Bonchev–Trinajstić information content (AvgIpc) is 2.91. The molecule has 0 aliphatic rings. The quantitative estimate of drug-likeness (QED) is 0.659. The topological polar surface area (TPSA) is 71.3 Å². The Labute approximate surface area is 170 Å². The number of phenolic OH excluding ortho intramolecular Hbond substituents is 1. The van der Waals surface area contributed by atoms with E-state index in [4.69, 9.17) is 11.6 Å². The van der Waals surface area contributed by atoms with Crippen molar-refractivity contribution in [3.8, 4) is 5.75 Å². The van der Waals surface area contributed by atoms with Crippen molar-refractivity contribution in [2.45, 2.75) is 33.2 Å². The number of amides is 1. The molecule has 1 aromatic heterocycles. The van der Waals surface area contributed by atoms with Crippen molar-refractivity contribution < 1.29 is 23.5 Å². The number of nitrogens with one attached hydrogen (secondary N) is 1. The van der Waals surface area contributed by atoms with E-state index in [1.807, 2.05) is 0 Å². The predicted molar refractivity (Wildman–Crippen MR) is 106 cm³/mol. The van der Waals surface area contributed by atoms with Crippen molar-refractivity contribution in [1.29, 1.82) is 0 Å². The van der Waals surface area contributed by atoms with Crippen LogP contribution in [0.25, 0.3) is 10.9 Å². The molecule has 2 N–H and O–H groups in total. The van der Waals surface area contributed by atoms with Crippen molar-refractivity contribution in [2.24, 2.45) is 0 Å². The summed E-state index contributed by atoms with van der Waals surface area (Å²) < 4.78 is 29.8. The molecule has 2 aromatic carbocycles. The number of carbonyl (C=O) groups is 2. The van der Waals surface area contributed by atoms with E-state index in [0.717, 1.165) is 12.1 Å². The van der Waals surface area contributed by atoms with Crippen LogP contribution in [0.15, 0.2) is 30.3 Å². The minimum absolute atomic E-state index is 0.0126. The van der Waals surface area contributed by atoms with Gasteiger partial charge in [0.25, 0.3) is 5.91 Å². The number of phenols is 1. The molecule has 0 saturated heterocycles. The van der Waals surface area contributed by atoms with Gasteiger partial charge in [-0.1, -0.05) is 11.6 Å². The van der Waals surface area contributed by atoms with E-state index in [1.54, 1.807) is 20.8 Å². The Morgan fingerprint density at radius 1 is 1.21 bits per heavy atom. The summed E-state index contributed by atoms with van der Waals surface area (Å²) in [5.41, 5.74) is 0.780. The highest BCUT2D eigenvalue weighted by Gasteiger charge is 2.25. The highest BCUT2D eigenvalue weighted by molar-refractivity contribution is 6.30. The van der Waals surface area contributed by atoms with Crippen LogP contribution in [0.2, 0.25) is 5.02 Å². The van der Waals surface area contributed by atoms with Gasteiger partial charge in [0, 0.05) is 22.7 Å². The van der Waals surface area contributed by atoms with E-state index in [2.05, 4.69) is 5.32 Å². The zero-order valence-electron chi connectivity index (χ0n) is 16.0. The maximum atomic E-state index is 14.8. The summed E-state index contributed by atoms with van der Waals surface area (Å²) in [7, 11) is 0. The monoisotopic (exact) mass is 420 g/mol. The molecule has 0 spiro atoms. The van der Waals surface area contributed by atoms with E-state index in [0.29, 0.717) is 5.69 Å². The molecule has 8 heteroatoms. The van der Waals surface area contributed by atoms with E-state index < -0.39 is 23.3 Å². The number of nitrogens with zero attached hydrogens (tertiary/aromatic N) is 1. The number of aromatic hydroxyl groups is 1. The van der Waals surface area contributed by atoms with Gasteiger partial charge in [-0.25, -0.2) is 8.78 Å². The fraction of sp³-hybridized carbons (Fsp3) is 0.238. The number of fused-ring (bicyclic) bond motifs is 1. The van der Waals surface area contributed by atoms with Crippen LogP contribution in [0, 0.1) is 18.6 Å². The molecule has 5 nitrogen and oxygen atoms in total. The second-order valence-corrected chi connectivity index (χ2v) is 7.43. The first kappa shape index (κ1) is 20.8. The van der Waals surface area contributed by atoms with Gasteiger partial charge in [-0.2, -0.15) is 0 Å². The van der Waals surface area contributed by atoms with Crippen LogP contribution in [-0.4, -0.2) is 27.5 Å². The molecule has 0 aliphatic heterocycles. The first-order valence-electron chi connectivity index (χ1n) is 8.92. The number of hydrogen-bond donors (Lipinski definition) is 2. The Balaban J connectivity index is 2.21. The van der Waals surface area contributed by atoms with Gasteiger partial charge in [0.15, 0.2) is 11.6 Å². The Morgan fingerprint density at radius 3 is 2.52 bits per heavy atom. The van der Waals surface area contributed by atoms with Crippen molar-refractivity contribution in [1.82, 2.24) is 9.88 Å². The van der Waals surface area contributed by atoms with Crippen LogP contribution < -0.4 is 5.32 Å². The number of hydrogen-bond acceptors (Lipinski definition) is 3. The lowest BCUT2D eigenvalue weighted by Crippen LogP contribution is -2.31. The van der Waals surface area contributed by atoms with Crippen LogP contribution in [0.5, 0.6) is 5.75 Å². The summed E-state index contributed by atoms with van der Waals surface area (Å²) in [6.07, 6.45) is -0.184. The fourth-order valence-electron chi connectivity index (χ4n) is 3.29. The molecule has 3 rings (SSSR count). The molecule has 0 bridgehead atoms. The van der Waals surface area contributed by atoms with Crippen molar-refractivity contribution in [2.75, 3.05) is 0 Å². The van der Waals surface area contributed by atoms with Gasteiger partial charge in [-0.3, -0.25) is 14.2 Å². The van der Waals surface area contributed by atoms with Crippen molar-refractivity contribution in [3.05, 3.63) is 63.8 Å². The van der Waals surface area contributed by atoms with E-state index >= 15 is 0 Å². The van der Waals surface area contributed by atoms with Gasteiger partial charge >= 0.3 is 0 Å². The van der Waals surface area contributed by atoms with Crippen LogP contribution in [0.1, 0.15) is 35.5 Å². The minimum Gasteiger partial charge on any atom is -0.505 e. The molecule has 0 atom stereocenters. The van der Waals surface area contributed by atoms with Gasteiger partial charge in [0.1, 0.15) is 5.82 Å². The molecule has 0 saturated carbocycles. The smallest absolute Gasteiger partial charge is 0.262 e. The lowest BCUT2D eigenvalue weighted by Gasteiger charge is -2.10. The molecular formula is C21H19ClF2N2O3. The van der Waals surface area contributed by atoms with Gasteiger partial charge in [-0.05, 0) is 56.7 Å². The van der Waals surface area contributed by atoms with Gasteiger partial charge in [0.05, 0.1) is 17.0 Å². The second kappa shape index (κ2) is 7.83. The number of benzene rings is 2. The minimum atomic E-state index is -0.924. The highest BCUT2D eigenvalue weighted by atomic mass is 35.5. The summed E-state index contributed by atoms with van der Waals surface area (Å²) >= 11 is 5.68. The molecule has 0 radical (unpaired) electrons. The molecule has 1 amide bonds. The summed E-state index contributed by atoms with van der Waals surface area (Å²) in [6.45, 7) is 5.15. The van der Waals surface area contributed by atoms with Crippen molar-refractivity contribution in [3.63, 3.8) is 0 Å². The summed E-state index contributed by atoms with van der Waals surface area (Å²) in [5.74, 6) is -3.23. The lowest BCUT2D eigenvalue weighted by molar-refractivity contribution is -0.120. The Kier molecular flexibility index (Phi) is 5.61. The maximum absolute atomic E-state index is 14.8. The average molecular weight is 421 g/mol. The van der Waals surface area contributed by atoms with Crippen LogP contribution in [0.4, 0.5) is 8.78 Å². The number of rotatable bonds is 4. The van der Waals surface area contributed by atoms with Crippen LogP contribution in [0.3, 0.4) is 0 Å². The Bertz CT molecular complexity index is 1140. The third-order valence-corrected chi connectivity index (χ3v) is 4.88. The molecule has 3 aromatic rings. The molecule has 0 unspecified atom stereocenters. The molecular weight excluding hydrogens is 402 g/mol. The molecule has 0 fully saturated rings. The molecule has 0 aliphatic carbocycles. The summed E-state index contributed by atoms with van der Waals surface area (Å²) in [6, 6.07) is 6.01. The predicted octanol–water partition coefficient (Wildman–Crippen LogP) is 4.34. The fourth-order valence-corrected chi connectivity index (χ4v) is 3.41. The SMILES string of the molecule is Cc1c(CC(=O)NC(C)C)c2c(F)c(O)ccc2n1C(=O)c1ccc(Cl)c(F)c1. The van der Waals surface area contributed by atoms with Crippen molar-refractivity contribution >= 4 is 34.3 Å². The molecule has 1 heterocycles. The summed E-state index contributed by atoms with van der Waals surface area (Å²) in [4.78, 5) is 25.4. The maximum Gasteiger partial charge on any atom is 0.262 e. The molecule has 29 heavy (non-hydrogen) atoms. The zero-order valence-corrected chi connectivity index (χ0v) is 16.8. The van der Waals surface area contributed by atoms with Gasteiger partial charge < -0.3 is 10.4 Å². The van der Waals surface area contributed by atoms with Gasteiger partial charge in [-0.15, -0.1) is 0 Å². The normalized spacial score (nSPS) is 11.3. The van der Waals surface area contributed by atoms with E-state index in [-0.39, 0.29) is 45.4 Å². The third-order valence-electron chi connectivity index (χ3n) is 4.57. The van der Waals surface area contributed by atoms with Crippen LogP contribution in [-0.2, 0) is 11.2 Å². The first-order chi connectivity index (χ1) is 13.6.